The van der Waals surface area contributed by atoms with E-state index in [1.165, 1.54) is 10.8 Å². The minimum Gasteiger partial charge on any atom is -0.342 e. The zero-order chi connectivity index (χ0) is 13.5. The van der Waals surface area contributed by atoms with Gasteiger partial charge in [0.05, 0.1) is 0 Å². The summed E-state index contributed by atoms with van der Waals surface area (Å²) < 4.78 is 10.8. The van der Waals surface area contributed by atoms with Crippen LogP contribution in [0.3, 0.4) is 0 Å². The number of fused-ring (bicyclic) bond motifs is 1. The highest BCUT2D eigenvalue weighted by molar-refractivity contribution is 5.83. The number of benzene rings is 2. The maximum Gasteiger partial charge on any atom is 0.222 e. The fourth-order valence-electron chi connectivity index (χ4n) is 1.84. The van der Waals surface area contributed by atoms with Gasteiger partial charge < -0.3 is 9.47 Å². The molecule has 0 aliphatic heterocycles. The van der Waals surface area contributed by atoms with E-state index < -0.39 is 6.29 Å². The zero-order valence-corrected chi connectivity index (χ0v) is 11.3. The largest absolute Gasteiger partial charge is 0.342 e. The lowest BCUT2D eigenvalue weighted by atomic mass is 10.1. The third kappa shape index (κ3) is 3.82. The van der Waals surface area contributed by atoms with Crippen molar-refractivity contribution in [2.45, 2.75) is 20.1 Å². The van der Waals surface area contributed by atoms with Crippen molar-refractivity contribution in [1.82, 2.24) is 0 Å². The monoisotopic (exact) mass is 254 g/mol. The molecular weight excluding hydrogens is 236 g/mol. The average molecular weight is 254 g/mol. The second-order valence-corrected chi connectivity index (χ2v) is 4.07. The molecule has 0 N–H and O–H groups in total. The second-order valence-electron chi connectivity index (χ2n) is 4.07. The first-order chi connectivity index (χ1) is 9.33. The number of hydrogen-bond acceptors (Lipinski definition) is 2. The highest BCUT2D eigenvalue weighted by atomic mass is 16.7. The Morgan fingerprint density at radius 1 is 0.947 bits per heavy atom. The van der Waals surface area contributed by atoms with Gasteiger partial charge in [-0.05, 0) is 42.7 Å². The Kier molecular flexibility index (Phi) is 4.97. The Morgan fingerprint density at radius 2 is 1.63 bits per heavy atom. The van der Waals surface area contributed by atoms with Crippen LogP contribution in [0.15, 0.2) is 42.5 Å². The quantitative estimate of drug-likeness (QED) is 0.613. The van der Waals surface area contributed by atoms with Crippen molar-refractivity contribution in [3.05, 3.63) is 48.0 Å². The lowest BCUT2D eigenvalue weighted by Gasteiger charge is -2.09. The van der Waals surface area contributed by atoms with Gasteiger partial charge in [-0.1, -0.05) is 36.3 Å². The SMILES string of the molecule is CCOC(C#Cc1ccc2ccccc2c1)OCC. The Labute approximate surface area is 114 Å². The lowest BCUT2D eigenvalue weighted by Crippen LogP contribution is -2.14. The minimum atomic E-state index is -0.443. The predicted octanol–water partition coefficient (Wildman–Crippen LogP) is 3.59. The van der Waals surface area contributed by atoms with E-state index in [1.807, 2.05) is 32.0 Å². The summed E-state index contributed by atoms with van der Waals surface area (Å²) in [5.74, 6) is 6.11. The summed E-state index contributed by atoms with van der Waals surface area (Å²) in [6.45, 7) is 5.06. The van der Waals surface area contributed by atoms with Crippen molar-refractivity contribution < 1.29 is 9.47 Å². The highest BCUT2D eigenvalue weighted by Gasteiger charge is 2.01. The van der Waals surface area contributed by atoms with Gasteiger partial charge in [0, 0.05) is 18.8 Å². The van der Waals surface area contributed by atoms with E-state index in [4.69, 9.17) is 9.47 Å². The van der Waals surface area contributed by atoms with Gasteiger partial charge in [0.25, 0.3) is 0 Å². The lowest BCUT2D eigenvalue weighted by molar-refractivity contribution is -0.0969. The second kappa shape index (κ2) is 6.94. The summed E-state index contributed by atoms with van der Waals surface area (Å²) in [4.78, 5) is 0. The van der Waals surface area contributed by atoms with E-state index in [-0.39, 0.29) is 0 Å². The first kappa shape index (κ1) is 13.6. The molecule has 0 heterocycles. The molecule has 0 unspecified atom stereocenters. The average Bonchev–Trinajstić information content (AvgIpc) is 2.45. The van der Waals surface area contributed by atoms with Crippen molar-refractivity contribution >= 4 is 10.8 Å². The first-order valence-electron chi connectivity index (χ1n) is 6.57. The maximum atomic E-state index is 5.40. The van der Waals surface area contributed by atoms with E-state index >= 15 is 0 Å². The molecule has 0 spiro atoms. The summed E-state index contributed by atoms with van der Waals surface area (Å²) >= 11 is 0. The van der Waals surface area contributed by atoms with Crippen LogP contribution in [0.4, 0.5) is 0 Å². The standard InChI is InChI=1S/C17H18O2/c1-3-18-17(19-4-2)12-10-14-9-11-15-7-5-6-8-16(15)13-14/h5-9,11,13,17H,3-4H2,1-2H3. The summed E-state index contributed by atoms with van der Waals surface area (Å²) in [6, 6.07) is 14.4. The molecule has 0 amide bonds. The number of hydrogen-bond donors (Lipinski definition) is 0. The van der Waals surface area contributed by atoms with E-state index in [1.54, 1.807) is 0 Å². The highest BCUT2D eigenvalue weighted by Crippen LogP contribution is 2.14. The Balaban J connectivity index is 2.20. The van der Waals surface area contributed by atoms with E-state index in [0.29, 0.717) is 13.2 Å². The molecule has 2 aromatic rings. The minimum absolute atomic E-state index is 0.443. The predicted molar refractivity (Wildman–Crippen MR) is 77.9 cm³/mol. The van der Waals surface area contributed by atoms with Gasteiger partial charge in [-0.2, -0.15) is 0 Å². The molecule has 0 radical (unpaired) electrons. The van der Waals surface area contributed by atoms with Gasteiger partial charge in [-0.25, -0.2) is 0 Å². The van der Waals surface area contributed by atoms with Crippen molar-refractivity contribution in [2.24, 2.45) is 0 Å². The van der Waals surface area contributed by atoms with E-state index in [0.717, 1.165) is 5.56 Å². The molecule has 19 heavy (non-hydrogen) atoms. The number of rotatable bonds is 4. The van der Waals surface area contributed by atoms with E-state index in [9.17, 15) is 0 Å². The van der Waals surface area contributed by atoms with Gasteiger partial charge in [0.15, 0.2) is 0 Å². The van der Waals surface area contributed by atoms with Gasteiger partial charge in [0.1, 0.15) is 0 Å². The van der Waals surface area contributed by atoms with Crippen LogP contribution in [0.1, 0.15) is 19.4 Å². The normalized spacial score (nSPS) is 10.5. The van der Waals surface area contributed by atoms with Crippen molar-refractivity contribution in [1.29, 1.82) is 0 Å². The van der Waals surface area contributed by atoms with Crippen LogP contribution in [0.25, 0.3) is 10.8 Å². The molecule has 2 aromatic carbocycles. The fraction of sp³-hybridized carbons (Fsp3) is 0.294. The smallest absolute Gasteiger partial charge is 0.222 e. The third-order valence-corrected chi connectivity index (χ3v) is 2.72. The fourth-order valence-corrected chi connectivity index (χ4v) is 1.84. The van der Waals surface area contributed by atoms with Crippen LogP contribution in [0.2, 0.25) is 0 Å². The third-order valence-electron chi connectivity index (χ3n) is 2.72. The Hall–Kier alpha value is -1.82. The molecule has 0 atom stereocenters. The van der Waals surface area contributed by atoms with Gasteiger partial charge in [-0.15, -0.1) is 0 Å². The van der Waals surface area contributed by atoms with Crippen LogP contribution in [-0.4, -0.2) is 19.5 Å². The van der Waals surface area contributed by atoms with Crippen LogP contribution < -0.4 is 0 Å². The van der Waals surface area contributed by atoms with Gasteiger partial charge >= 0.3 is 0 Å². The van der Waals surface area contributed by atoms with E-state index in [2.05, 4.69) is 36.1 Å². The number of ether oxygens (including phenoxy) is 2. The van der Waals surface area contributed by atoms with Crippen LogP contribution in [0.5, 0.6) is 0 Å². The van der Waals surface area contributed by atoms with Crippen LogP contribution in [0, 0.1) is 11.8 Å². The Bertz CT molecular complexity index is 587. The molecule has 2 heteroatoms. The zero-order valence-electron chi connectivity index (χ0n) is 11.3. The molecule has 0 saturated carbocycles. The maximum absolute atomic E-state index is 5.40. The molecule has 2 rings (SSSR count). The molecule has 0 bridgehead atoms. The van der Waals surface area contributed by atoms with Crippen molar-refractivity contribution in [2.75, 3.05) is 13.2 Å². The summed E-state index contributed by atoms with van der Waals surface area (Å²) in [7, 11) is 0. The molecule has 0 aliphatic carbocycles. The van der Waals surface area contributed by atoms with Crippen molar-refractivity contribution in [3.8, 4) is 11.8 Å². The van der Waals surface area contributed by atoms with Crippen molar-refractivity contribution in [3.63, 3.8) is 0 Å². The molecular formula is C17H18O2. The van der Waals surface area contributed by atoms with Crippen LogP contribution in [-0.2, 0) is 9.47 Å². The molecule has 0 saturated heterocycles. The van der Waals surface area contributed by atoms with Gasteiger partial charge in [-0.3, -0.25) is 0 Å². The summed E-state index contributed by atoms with van der Waals surface area (Å²) in [5.41, 5.74) is 0.975. The summed E-state index contributed by atoms with van der Waals surface area (Å²) in [5, 5.41) is 2.41. The molecule has 0 aromatic heterocycles. The molecule has 0 aliphatic rings. The van der Waals surface area contributed by atoms with Gasteiger partial charge in [0.2, 0.25) is 6.29 Å². The Morgan fingerprint density at radius 3 is 2.32 bits per heavy atom. The molecule has 2 nitrogen and oxygen atoms in total. The summed E-state index contributed by atoms with van der Waals surface area (Å²) in [6.07, 6.45) is -0.443. The van der Waals surface area contributed by atoms with Crippen LogP contribution >= 0.6 is 0 Å². The first-order valence-corrected chi connectivity index (χ1v) is 6.57. The topological polar surface area (TPSA) is 18.5 Å². The molecule has 98 valence electrons. The molecule has 0 fully saturated rings.